The van der Waals surface area contributed by atoms with Gasteiger partial charge in [-0.25, -0.2) is 4.98 Å². The Hall–Kier alpha value is -1.51. The molecule has 1 aliphatic rings. The number of nitrogen functional groups attached to an aromatic ring is 1. The number of aryl methyl sites for hydroxylation is 1. The fourth-order valence-corrected chi connectivity index (χ4v) is 2.00. The fourth-order valence-electron chi connectivity index (χ4n) is 2.00. The summed E-state index contributed by atoms with van der Waals surface area (Å²) in [7, 11) is 0. The van der Waals surface area contributed by atoms with E-state index in [0.717, 1.165) is 18.0 Å². The topological polar surface area (TPSA) is 43.8 Å². The second-order valence-corrected chi connectivity index (χ2v) is 4.52. The Labute approximate surface area is 88.9 Å². The maximum atomic E-state index is 5.93. The van der Waals surface area contributed by atoms with Crippen LogP contribution in [0, 0.1) is 12.8 Å². The Morgan fingerprint density at radius 3 is 3.00 bits per heavy atom. The molecule has 1 heterocycles. The highest BCUT2D eigenvalue weighted by Crippen LogP contribution is 2.33. The van der Waals surface area contributed by atoms with E-state index in [1.165, 1.54) is 23.9 Å². The van der Waals surface area contributed by atoms with Gasteiger partial charge >= 0.3 is 0 Å². The standard InChI is InChI=1S/C12H15N3/c1-8-2-5-10-11(6-8)15(12(13)14-10)7-9-3-4-9/h2,5-6,9H,3-4,7H2,1H3,(H2,13,14). The van der Waals surface area contributed by atoms with Crippen molar-refractivity contribution < 1.29 is 0 Å². The van der Waals surface area contributed by atoms with Gasteiger partial charge in [0.05, 0.1) is 11.0 Å². The van der Waals surface area contributed by atoms with E-state index < -0.39 is 0 Å². The summed E-state index contributed by atoms with van der Waals surface area (Å²) >= 11 is 0. The van der Waals surface area contributed by atoms with Gasteiger partial charge in [-0.05, 0) is 43.4 Å². The largest absolute Gasteiger partial charge is 0.369 e. The first kappa shape index (κ1) is 8.77. The van der Waals surface area contributed by atoms with Gasteiger partial charge in [0, 0.05) is 6.54 Å². The summed E-state index contributed by atoms with van der Waals surface area (Å²) in [6, 6.07) is 6.29. The molecule has 0 bridgehead atoms. The van der Waals surface area contributed by atoms with Crippen molar-refractivity contribution in [2.75, 3.05) is 5.73 Å². The quantitative estimate of drug-likeness (QED) is 0.810. The zero-order valence-electron chi connectivity index (χ0n) is 8.90. The number of aromatic nitrogens is 2. The summed E-state index contributed by atoms with van der Waals surface area (Å²) in [6.07, 6.45) is 2.68. The van der Waals surface area contributed by atoms with E-state index in [0.29, 0.717) is 5.95 Å². The van der Waals surface area contributed by atoms with E-state index in [-0.39, 0.29) is 0 Å². The summed E-state index contributed by atoms with van der Waals surface area (Å²) in [6.45, 7) is 3.13. The molecule has 0 atom stereocenters. The second-order valence-electron chi connectivity index (χ2n) is 4.52. The van der Waals surface area contributed by atoms with Gasteiger partial charge in [0.15, 0.2) is 0 Å². The van der Waals surface area contributed by atoms with Crippen LogP contribution in [0.2, 0.25) is 0 Å². The summed E-state index contributed by atoms with van der Waals surface area (Å²) in [5.74, 6) is 1.48. The maximum absolute atomic E-state index is 5.93. The molecule has 2 aromatic rings. The molecule has 0 spiro atoms. The smallest absolute Gasteiger partial charge is 0.201 e. The highest BCUT2D eigenvalue weighted by molar-refractivity contribution is 5.79. The van der Waals surface area contributed by atoms with Crippen molar-refractivity contribution >= 4 is 17.0 Å². The van der Waals surface area contributed by atoms with Gasteiger partial charge in [-0.3, -0.25) is 0 Å². The van der Waals surface area contributed by atoms with Crippen molar-refractivity contribution in [2.45, 2.75) is 26.3 Å². The number of hydrogen-bond donors (Lipinski definition) is 1. The van der Waals surface area contributed by atoms with E-state index in [4.69, 9.17) is 5.73 Å². The van der Waals surface area contributed by atoms with Crippen LogP contribution in [0.5, 0.6) is 0 Å². The molecule has 1 aromatic carbocycles. The third-order valence-corrected chi connectivity index (χ3v) is 3.07. The fraction of sp³-hybridized carbons (Fsp3) is 0.417. The summed E-state index contributed by atoms with van der Waals surface area (Å²) in [4.78, 5) is 4.38. The predicted molar refractivity (Wildman–Crippen MR) is 61.6 cm³/mol. The van der Waals surface area contributed by atoms with Gasteiger partial charge in [-0.2, -0.15) is 0 Å². The van der Waals surface area contributed by atoms with E-state index in [1.807, 2.05) is 6.07 Å². The Morgan fingerprint density at radius 1 is 1.47 bits per heavy atom. The van der Waals surface area contributed by atoms with Gasteiger partial charge in [0.1, 0.15) is 0 Å². The summed E-state index contributed by atoms with van der Waals surface area (Å²) < 4.78 is 2.15. The predicted octanol–water partition coefficient (Wildman–Crippen LogP) is 2.34. The van der Waals surface area contributed by atoms with E-state index in [2.05, 4.69) is 28.6 Å². The number of imidazole rings is 1. The summed E-state index contributed by atoms with van der Waals surface area (Å²) in [5, 5.41) is 0. The average Bonchev–Trinajstić information content (AvgIpc) is 2.96. The number of fused-ring (bicyclic) bond motifs is 1. The zero-order valence-corrected chi connectivity index (χ0v) is 8.90. The Kier molecular flexibility index (Phi) is 1.75. The molecular formula is C12H15N3. The molecule has 0 radical (unpaired) electrons. The van der Waals surface area contributed by atoms with Crippen LogP contribution in [0.3, 0.4) is 0 Å². The molecule has 1 aliphatic carbocycles. The summed E-state index contributed by atoms with van der Waals surface area (Å²) in [5.41, 5.74) is 9.39. The van der Waals surface area contributed by atoms with Crippen LogP contribution >= 0.6 is 0 Å². The van der Waals surface area contributed by atoms with Gasteiger partial charge < -0.3 is 10.3 Å². The number of anilines is 1. The van der Waals surface area contributed by atoms with Gasteiger partial charge in [0.2, 0.25) is 5.95 Å². The lowest BCUT2D eigenvalue weighted by atomic mass is 10.2. The number of rotatable bonds is 2. The number of nitrogens with two attached hydrogens (primary N) is 1. The molecule has 3 nitrogen and oxygen atoms in total. The third kappa shape index (κ3) is 1.48. The van der Waals surface area contributed by atoms with E-state index in [1.54, 1.807) is 0 Å². The highest BCUT2D eigenvalue weighted by Gasteiger charge is 2.23. The minimum atomic E-state index is 0.655. The SMILES string of the molecule is Cc1ccc2nc(N)n(CC3CC3)c2c1. The van der Waals surface area contributed by atoms with Crippen molar-refractivity contribution in [3.05, 3.63) is 23.8 Å². The molecule has 3 heteroatoms. The first-order valence-electron chi connectivity index (χ1n) is 5.46. The lowest BCUT2D eigenvalue weighted by molar-refractivity contribution is 0.650. The Balaban J connectivity index is 2.15. The molecule has 2 N–H and O–H groups in total. The zero-order chi connectivity index (χ0) is 10.4. The van der Waals surface area contributed by atoms with Crippen molar-refractivity contribution in [1.82, 2.24) is 9.55 Å². The first-order valence-corrected chi connectivity index (χ1v) is 5.46. The third-order valence-electron chi connectivity index (χ3n) is 3.07. The van der Waals surface area contributed by atoms with Crippen molar-refractivity contribution in [3.8, 4) is 0 Å². The normalized spacial score (nSPS) is 16.1. The molecule has 0 amide bonds. The van der Waals surface area contributed by atoms with Crippen LogP contribution in [0.15, 0.2) is 18.2 Å². The van der Waals surface area contributed by atoms with E-state index >= 15 is 0 Å². The van der Waals surface area contributed by atoms with Crippen molar-refractivity contribution in [3.63, 3.8) is 0 Å². The number of nitrogens with zero attached hydrogens (tertiary/aromatic N) is 2. The van der Waals surface area contributed by atoms with Gasteiger partial charge in [0.25, 0.3) is 0 Å². The maximum Gasteiger partial charge on any atom is 0.201 e. The van der Waals surface area contributed by atoms with Crippen LogP contribution in [0.1, 0.15) is 18.4 Å². The molecular weight excluding hydrogens is 186 g/mol. The van der Waals surface area contributed by atoms with Crippen LogP contribution < -0.4 is 5.73 Å². The van der Waals surface area contributed by atoms with Crippen LogP contribution in [0.25, 0.3) is 11.0 Å². The molecule has 0 aliphatic heterocycles. The number of hydrogen-bond acceptors (Lipinski definition) is 2. The monoisotopic (exact) mass is 201 g/mol. The minimum absolute atomic E-state index is 0.655. The lowest BCUT2D eigenvalue weighted by Gasteiger charge is -2.04. The molecule has 1 saturated carbocycles. The highest BCUT2D eigenvalue weighted by atomic mass is 15.2. The van der Waals surface area contributed by atoms with Gasteiger partial charge in [-0.1, -0.05) is 6.07 Å². The van der Waals surface area contributed by atoms with Crippen LogP contribution in [-0.2, 0) is 6.54 Å². The van der Waals surface area contributed by atoms with E-state index in [9.17, 15) is 0 Å². The van der Waals surface area contributed by atoms with Crippen LogP contribution in [-0.4, -0.2) is 9.55 Å². The average molecular weight is 201 g/mol. The molecule has 1 fully saturated rings. The molecule has 0 saturated heterocycles. The number of benzene rings is 1. The molecule has 78 valence electrons. The molecule has 15 heavy (non-hydrogen) atoms. The molecule has 1 aromatic heterocycles. The Morgan fingerprint density at radius 2 is 2.27 bits per heavy atom. The minimum Gasteiger partial charge on any atom is -0.369 e. The van der Waals surface area contributed by atoms with Crippen molar-refractivity contribution in [1.29, 1.82) is 0 Å². The van der Waals surface area contributed by atoms with Gasteiger partial charge in [-0.15, -0.1) is 0 Å². The first-order chi connectivity index (χ1) is 7.24. The Bertz CT molecular complexity index is 509. The molecule has 0 unspecified atom stereocenters. The second kappa shape index (κ2) is 2.99. The lowest BCUT2D eigenvalue weighted by Crippen LogP contribution is -2.04. The van der Waals surface area contributed by atoms with Crippen molar-refractivity contribution in [2.24, 2.45) is 5.92 Å². The molecule has 3 rings (SSSR count). The van der Waals surface area contributed by atoms with Crippen LogP contribution in [0.4, 0.5) is 5.95 Å².